The molecule has 0 aliphatic rings. The van der Waals surface area contributed by atoms with Gasteiger partial charge in [-0.2, -0.15) is 0 Å². The number of nitrogens with one attached hydrogen (secondary N) is 2. The largest absolute Gasteiger partial charge is 0.370 e. The minimum absolute atomic E-state index is 0.0511. The molecule has 0 aliphatic heterocycles. The number of nitrogens with two attached hydrogens (primary N) is 2. The highest BCUT2D eigenvalue weighted by atomic mass is 16.2. The zero-order valence-electron chi connectivity index (χ0n) is 27.2. The highest BCUT2D eigenvalue weighted by Gasteiger charge is 2.20. The zero-order chi connectivity index (χ0) is 32.9. The Morgan fingerprint density at radius 3 is 1.89 bits per heavy atom. The van der Waals surface area contributed by atoms with Gasteiger partial charge in [0, 0.05) is 44.2 Å². The molecule has 0 fully saturated rings. The molecule has 0 aromatic heterocycles. The zero-order valence-corrected chi connectivity index (χ0v) is 27.2. The van der Waals surface area contributed by atoms with E-state index in [4.69, 9.17) is 11.5 Å². The fourth-order valence-electron chi connectivity index (χ4n) is 4.65. The summed E-state index contributed by atoms with van der Waals surface area (Å²) in [5, 5.41) is 8.26. The van der Waals surface area contributed by atoms with E-state index < -0.39 is 0 Å². The quantitative estimate of drug-likeness (QED) is 0.0899. The van der Waals surface area contributed by atoms with Crippen molar-refractivity contribution in [2.75, 3.05) is 39.3 Å². The molecule has 0 aliphatic carbocycles. The summed E-state index contributed by atoms with van der Waals surface area (Å²) in [7, 11) is 0. The van der Waals surface area contributed by atoms with Crippen LogP contribution in [-0.4, -0.2) is 61.9 Å². The van der Waals surface area contributed by atoms with Crippen LogP contribution >= 0.6 is 0 Å². The standard InChI is InChI=1S/C31H33N3O2.C4H11N3.C2H6/c1-2-34(23-29(25-12-5-3-6-13-25)26-14-7-4-8-15-26)30(35)22-32-19-20-33-31(36)28-18-17-24-11-9-10-16-27(24)21-28;1-2-3-7-4(5)6;1-2/h3-18,21,29,32H,2,19-20,22-23H2,1H3,(H,33,36);2-3H2,1H3,(H4,5,6,7);1-2H3. The van der Waals surface area contributed by atoms with Crippen LogP contribution in [0.1, 0.15) is 61.5 Å². The number of hydrogen-bond acceptors (Lipinski definition) is 4. The molecule has 6 N–H and O–H groups in total. The highest BCUT2D eigenvalue weighted by Crippen LogP contribution is 2.25. The Morgan fingerprint density at radius 1 is 0.778 bits per heavy atom. The maximum absolute atomic E-state index is 13.0. The van der Waals surface area contributed by atoms with E-state index in [1.807, 2.05) is 111 Å². The molecule has 4 aromatic carbocycles. The van der Waals surface area contributed by atoms with Gasteiger partial charge in [-0.25, -0.2) is 0 Å². The monoisotopic (exact) mass is 610 g/mol. The topological polar surface area (TPSA) is 126 Å². The van der Waals surface area contributed by atoms with Crippen LogP contribution < -0.4 is 22.1 Å². The molecule has 0 saturated carbocycles. The van der Waals surface area contributed by atoms with Crippen molar-refractivity contribution in [3.05, 3.63) is 120 Å². The van der Waals surface area contributed by atoms with E-state index in [1.165, 1.54) is 11.1 Å². The van der Waals surface area contributed by atoms with Crippen molar-refractivity contribution in [2.24, 2.45) is 16.5 Å². The predicted molar refractivity (Wildman–Crippen MR) is 188 cm³/mol. The summed E-state index contributed by atoms with van der Waals surface area (Å²) in [6.45, 7) is 11.2. The van der Waals surface area contributed by atoms with Crippen LogP contribution in [-0.2, 0) is 4.79 Å². The fourth-order valence-corrected chi connectivity index (χ4v) is 4.65. The summed E-state index contributed by atoms with van der Waals surface area (Å²) in [6.07, 6.45) is 0.998. The van der Waals surface area contributed by atoms with E-state index in [-0.39, 0.29) is 30.2 Å². The summed E-state index contributed by atoms with van der Waals surface area (Å²) in [6, 6.07) is 34.3. The van der Waals surface area contributed by atoms with Crippen molar-refractivity contribution in [1.82, 2.24) is 15.5 Å². The average Bonchev–Trinajstić information content (AvgIpc) is 3.09. The second-order valence-electron chi connectivity index (χ2n) is 10.1. The van der Waals surface area contributed by atoms with Crippen LogP contribution in [0.2, 0.25) is 0 Å². The number of rotatable bonds is 13. The van der Waals surface area contributed by atoms with Crippen molar-refractivity contribution in [1.29, 1.82) is 0 Å². The number of carbonyl (C=O) groups excluding carboxylic acids is 2. The van der Waals surface area contributed by atoms with Crippen LogP contribution in [0.4, 0.5) is 0 Å². The van der Waals surface area contributed by atoms with E-state index in [0.717, 1.165) is 23.7 Å². The normalized spacial score (nSPS) is 10.2. The predicted octanol–water partition coefficient (Wildman–Crippen LogP) is 5.54. The van der Waals surface area contributed by atoms with Gasteiger partial charge in [0.25, 0.3) is 5.91 Å². The number of likely N-dealkylation sites (N-methyl/N-ethyl adjacent to an activating group) is 1. The van der Waals surface area contributed by atoms with Crippen molar-refractivity contribution in [3.63, 3.8) is 0 Å². The van der Waals surface area contributed by atoms with E-state index in [2.05, 4.69) is 39.9 Å². The first-order valence-corrected chi connectivity index (χ1v) is 15.8. The first kappa shape index (κ1) is 36.5. The molecule has 45 heavy (non-hydrogen) atoms. The van der Waals surface area contributed by atoms with Gasteiger partial charge in [0.05, 0.1) is 6.54 Å². The Bertz CT molecular complexity index is 1400. The summed E-state index contributed by atoms with van der Waals surface area (Å²) >= 11 is 0. The lowest BCUT2D eigenvalue weighted by Crippen LogP contribution is -2.42. The van der Waals surface area contributed by atoms with Crippen LogP contribution in [0.25, 0.3) is 10.8 Å². The number of hydrogen-bond donors (Lipinski definition) is 4. The van der Waals surface area contributed by atoms with Crippen LogP contribution in [0.15, 0.2) is 108 Å². The Morgan fingerprint density at radius 2 is 1.36 bits per heavy atom. The van der Waals surface area contributed by atoms with Gasteiger partial charge in [0.2, 0.25) is 5.91 Å². The third-order valence-electron chi connectivity index (χ3n) is 6.93. The molecule has 8 nitrogen and oxygen atoms in total. The van der Waals surface area contributed by atoms with Crippen molar-refractivity contribution in [2.45, 2.75) is 40.0 Å². The van der Waals surface area contributed by atoms with E-state index in [9.17, 15) is 9.59 Å². The third kappa shape index (κ3) is 12.8. The molecule has 8 heteroatoms. The van der Waals surface area contributed by atoms with Gasteiger partial charge in [0.1, 0.15) is 0 Å². The highest BCUT2D eigenvalue weighted by molar-refractivity contribution is 5.98. The lowest BCUT2D eigenvalue weighted by molar-refractivity contribution is -0.130. The van der Waals surface area contributed by atoms with E-state index >= 15 is 0 Å². The summed E-state index contributed by atoms with van der Waals surface area (Å²) in [5.41, 5.74) is 13.0. The lowest BCUT2D eigenvalue weighted by Gasteiger charge is -2.27. The molecule has 0 bridgehead atoms. The molecule has 0 atom stereocenters. The molecular formula is C37H50N6O2. The Kier molecular flexibility index (Phi) is 17.1. The number of amides is 2. The Labute approximate surface area is 268 Å². The second kappa shape index (κ2) is 21.1. The molecule has 0 heterocycles. The minimum Gasteiger partial charge on any atom is -0.370 e. The first-order valence-electron chi connectivity index (χ1n) is 15.8. The summed E-state index contributed by atoms with van der Waals surface area (Å²) < 4.78 is 0. The van der Waals surface area contributed by atoms with Gasteiger partial charge in [-0.3, -0.25) is 14.6 Å². The van der Waals surface area contributed by atoms with Gasteiger partial charge >= 0.3 is 0 Å². The molecular weight excluding hydrogens is 560 g/mol. The molecule has 0 spiro atoms. The van der Waals surface area contributed by atoms with E-state index in [0.29, 0.717) is 31.7 Å². The molecule has 240 valence electrons. The second-order valence-corrected chi connectivity index (χ2v) is 10.1. The summed E-state index contributed by atoms with van der Waals surface area (Å²) in [4.78, 5) is 31.1. The number of benzene rings is 4. The SMILES string of the molecule is CC.CCCN=C(N)N.CCN(CC(c1ccccc1)c1ccccc1)C(=O)CNCCNC(=O)c1ccc2ccccc2c1. The fraction of sp³-hybridized carbons (Fsp3) is 0.324. The van der Waals surface area contributed by atoms with Crippen molar-refractivity contribution < 1.29 is 9.59 Å². The minimum atomic E-state index is -0.113. The maximum Gasteiger partial charge on any atom is 0.251 e. The molecule has 4 aromatic rings. The van der Waals surface area contributed by atoms with Crippen LogP contribution in [0.3, 0.4) is 0 Å². The van der Waals surface area contributed by atoms with Gasteiger partial charge in [0.15, 0.2) is 5.96 Å². The number of guanidine groups is 1. The number of aliphatic imine (C=N–C) groups is 1. The van der Waals surface area contributed by atoms with Crippen LogP contribution in [0.5, 0.6) is 0 Å². The molecule has 4 rings (SSSR count). The van der Waals surface area contributed by atoms with Crippen molar-refractivity contribution in [3.8, 4) is 0 Å². The molecule has 0 saturated heterocycles. The summed E-state index contributed by atoms with van der Waals surface area (Å²) in [5.74, 6) is 0.229. The van der Waals surface area contributed by atoms with Gasteiger partial charge < -0.3 is 27.0 Å². The van der Waals surface area contributed by atoms with Crippen molar-refractivity contribution >= 4 is 28.5 Å². The van der Waals surface area contributed by atoms with Gasteiger partial charge in [-0.1, -0.05) is 112 Å². The molecule has 0 unspecified atom stereocenters. The Balaban J connectivity index is 0.000000692. The maximum atomic E-state index is 13.0. The average molecular weight is 611 g/mol. The number of fused-ring (bicyclic) bond motifs is 1. The molecule has 0 radical (unpaired) electrons. The number of carbonyl (C=O) groups is 2. The van der Waals surface area contributed by atoms with Gasteiger partial charge in [-0.05, 0) is 47.4 Å². The van der Waals surface area contributed by atoms with Gasteiger partial charge in [-0.15, -0.1) is 0 Å². The molecule has 2 amide bonds. The Hall–Kier alpha value is -4.69. The third-order valence-corrected chi connectivity index (χ3v) is 6.93. The number of nitrogens with zero attached hydrogens (tertiary/aromatic N) is 2. The van der Waals surface area contributed by atoms with E-state index in [1.54, 1.807) is 0 Å². The first-order chi connectivity index (χ1) is 21.9. The lowest BCUT2D eigenvalue weighted by atomic mass is 9.91. The van der Waals surface area contributed by atoms with Crippen LogP contribution in [0, 0.1) is 0 Å². The smallest absolute Gasteiger partial charge is 0.251 e.